The van der Waals surface area contributed by atoms with Gasteiger partial charge in [0.05, 0.1) is 28.3 Å². The zero-order chi connectivity index (χ0) is 33.0. The first-order chi connectivity index (χ1) is 24.8. The van der Waals surface area contributed by atoms with Crippen LogP contribution in [0.15, 0.2) is 181 Å². The van der Waals surface area contributed by atoms with Gasteiger partial charge >= 0.3 is 0 Å². The van der Waals surface area contributed by atoms with Crippen LogP contribution in [-0.2, 0) is 6.42 Å². The SMILES string of the molecule is C1=C(C2=CCCc3ccccc32)CNC=C1N1c2ccccc2-c2c(n(-c3cccc(-c4ccccc4)c3)c3ccccc23)-c2ccccc21. The van der Waals surface area contributed by atoms with Gasteiger partial charge in [-0.2, -0.15) is 0 Å². The Hall–Kier alpha value is -6.32. The fourth-order valence-corrected chi connectivity index (χ4v) is 8.27. The maximum Gasteiger partial charge on any atom is 0.0641 e. The van der Waals surface area contributed by atoms with Crippen LogP contribution in [0.4, 0.5) is 11.4 Å². The molecule has 0 radical (unpaired) electrons. The van der Waals surface area contributed by atoms with Crippen LogP contribution >= 0.6 is 0 Å². The van der Waals surface area contributed by atoms with E-state index >= 15 is 0 Å². The van der Waals surface area contributed by atoms with Crippen LogP contribution in [0.3, 0.4) is 0 Å². The summed E-state index contributed by atoms with van der Waals surface area (Å²) in [6, 6.07) is 55.3. The van der Waals surface area contributed by atoms with Gasteiger partial charge in [-0.15, -0.1) is 0 Å². The van der Waals surface area contributed by atoms with Crippen molar-refractivity contribution < 1.29 is 0 Å². The molecular weight excluding hydrogens is 607 g/mol. The van der Waals surface area contributed by atoms with Crippen molar-refractivity contribution in [3.05, 3.63) is 192 Å². The molecule has 238 valence electrons. The van der Waals surface area contributed by atoms with E-state index in [0.29, 0.717) is 0 Å². The summed E-state index contributed by atoms with van der Waals surface area (Å²) in [5.41, 5.74) is 18.6. The number of hydrogen-bond donors (Lipinski definition) is 1. The fourth-order valence-electron chi connectivity index (χ4n) is 8.27. The minimum Gasteiger partial charge on any atom is -0.385 e. The summed E-state index contributed by atoms with van der Waals surface area (Å²) in [5.74, 6) is 0. The first-order valence-corrected chi connectivity index (χ1v) is 17.5. The molecule has 0 bridgehead atoms. The van der Waals surface area contributed by atoms with Gasteiger partial charge in [0.1, 0.15) is 0 Å². The fraction of sp³-hybridized carbons (Fsp3) is 0.0638. The summed E-state index contributed by atoms with van der Waals surface area (Å²) in [7, 11) is 0. The minimum atomic E-state index is 0.800. The molecule has 0 atom stereocenters. The highest BCUT2D eigenvalue weighted by Gasteiger charge is 2.32. The van der Waals surface area contributed by atoms with Crippen molar-refractivity contribution >= 4 is 27.9 Å². The van der Waals surface area contributed by atoms with E-state index in [1.165, 1.54) is 72.4 Å². The van der Waals surface area contributed by atoms with Crippen molar-refractivity contribution in [1.29, 1.82) is 0 Å². The van der Waals surface area contributed by atoms with Gasteiger partial charge in [-0.25, -0.2) is 0 Å². The highest BCUT2D eigenvalue weighted by atomic mass is 15.2. The Morgan fingerprint density at radius 3 is 2.16 bits per heavy atom. The molecule has 0 amide bonds. The topological polar surface area (TPSA) is 20.2 Å². The average molecular weight is 642 g/mol. The lowest BCUT2D eigenvalue weighted by Gasteiger charge is -2.31. The van der Waals surface area contributed by atoms with Gasteiger partial charge in [-0.1, -0.05) is 127 Å². The Morgan fingerprint density at radius 2 is 1.28 bits per heavy atom. The average Bonchev–Trinajstić information content (AvgIpc) is 3.47. The number of benzene rings is 6. The number of fused-ring (bicyclic) bond motifs is 8. The Morgan fingerprint density at radius 1 is 0.580 bits per heavy atom. The number of aryl methyl sites for hydroxylation is 1. The number of para-hydroxylation sites is 3. The van der Waals surface area contributed by atoms with E-state index in [4.69, 9.17) is 0 Å². The van der Waals surface area contributed by atoms with Crippen molar-refractivity contribution in [1.82, 2.24) is 9.88 Å². The summed E-state index contributed by atoms with van der Waals surface area (Å²) in [4.78, 5) is 2.46. The number of nitrogens with one attached hydrogen (secondary N) is 1. The van der Waals surface area contributed by atoms with E-state index < -0.39 is 0 Å². The van der Waals surface area contributed by atoms with Crippen LogP contribution in [0, 0.1) is 0 Å². The minimum absolute atomic E-state index is 0.800. The van der Waals surface area contributed by atoms with Crippen LogP contribution < -0.4 is 10.2 Å². The molecule has 3 nitrogen and oxygen atoms in total. The molecule has 2 aliphatic heterocycles. The van der Waals surface area contributed by atoms with Gasteiger partial charge in [-0.3, -0.25) is 0 Å². The lowest BCUT2D eigenvalue weighted by molar-refractivity contribution is 0.906. The first-order valence-electron chi connectivity index (χ1n) is 17.5. The quantitative estimate of drug-likeness (QED) is 0.206. The summed E-state index contributed by atoms with van der Waals surface area (Å²) in [5, 5.41) is 4.92. The number of hydrogen-bond acceptors (Lipinski definition) is 2. The van der Waals surface area contributed by atoms with Gasteiger partial charge in [0.2, 0.25) is 0 Å². The third-order valence-electron chi connectivity index (χ3n) is 10.4. The van der Waals surface area contributed by atoms with Crippen LogP contribution in [0.25, 0.3) is 55.7 Å². The third-order valence-corrected chi connectivity index (χ3v) is 10.4. The van der Waals surface area contributed by atoms with E-state index in [1.54, 1.807) is 0 Å². The molecule has 1 aliphatic carbocycles. The van der Waals surface area contributed by atoms with E-state index in [0.717, 1.165) is 36.5 Å². The summed E-state index contributed by atoms with van der Waals surface area (Å²) in [6.07, 6.45) is 9.19. The molecule has 7 aromatic rings. The zero-order valence-corrected chi connectivity index (χ0v) is 27.7. The van der Waals surface area contributed by atoms with Crippen molar-refractivity contribution in [3.8, 4) is 39.2 Å². The molecule has 0 saturated carbocycles. The van der Waals surface area contributed by atoms with Crippen molar-refractivity contribution in [2.75, 3.05) is 11.4 Å². The predicted octanol–water partition coefficient (Wildman–Crippen LogP) is 11.5. The number of anilines is 2. The maximum atomic E-state index is 3.68. The Bertz CT molecular complexity index is 2550. The molecule has 10 rings (SSSR count). The third kappa shape index (κ3) is 4.51. The second-order valence-electron chi connectivity index (χ2n) is 13.3. The highest BCUT2D eigenvalue weighted by Crippen LogP contribution is 2.53. The molecule has 3 heteroatoms. The second-order valence-corrected chi connectivity index (χ2v) is 13.3. The molecule has 3 heterocycles. The lowest BCUT2D eigenvalue weighted by Crippen LogP contribution is -2.25. The summed E-state index contributed by atoms with van der Waals surface area (Å²) < 4.78 is 2.48. The van der Waals surface area contributed by atoms with Crippen LogP contribution in [0.1, 0.15) is 17.5 Å². The van der Waals surface area contributed by atoms with Crippen LogP contribution in [0.2, 0.25) is 0 Å². The van der Waals surface area contributed by atoms with Gasteiger partial charge in [0.25, 0.3) is 0 Å². The van der Waals surface area contributed by atoms with Gasteiger partial charge in [0.15, 0.2) is 0 Å². The number of rotatable bonds is 4. The number of aromatic nitrogens is 1. The van der Waals surface area contributed by atoms with Gasteiger partial charge in [-0.05, 0) is 82.6 Å². The lowest BCUT2D eigenvalue weighted by atomic mass is 9.86. The monoisotopic (exact) mass is 641 g/mol. The Kier molecular flexibility index (Phi) is 6.70. The Labute approximate surface area is 292 Å². The predicted molar refractivity (Wildman–Crippen MR) is 209 cm³/mol. The molecular formula is C47H35N3. The van der Waals surface area contributed by atoms with Gasteiger partial charge in [0, 0.05) is 40.5 Å². The molecule has 0 saturated heterocycles. The molecule has 0 unspecified atom stereocenters. The molecule has 6 aromatic carbocycles. The summed E-state index contributed by atoms with van der Waals surface area (Å²) >= 11 is 0. The number of dihydropyridines is 1. The smallest absolute Gasteiger partial charge is 0.0641 e. The maximum absolute atomic E-state index is 3.68. The molecule has 1 N–H and O–H groups in total. The number of nitrogens with zero attached hydrogens (tertiary/aromatic N) is 2. The molecule has 0 fully saturated rings. The second kappa shape index (κ2) is 11.7. The van der Waals surface area contributed by atoms with E-state index in [-0.39, 0.29) is 0 Å². The van der Waals surface area contributed by atoms with Gasteiger partial charge < -0.3 is 14.8 Å². The normalized spacial score (nSPS) is 14.6. The van der Waals surface area contributed by atoms with E-state index in [2.05, 4.69) is 185 Å². The largest absolute Gasteiger partial charge is 0.385 e. The molecule has 0 spiro atoms. The molecule has 50 heavy (non-hydrogen) atoms. The summed E-state index contributed by atoms with van der Waals surface area (Å²) in [6.45, 7) is 0.800. The van der Waals surface area contributed by atoms with Crippen LogP contribution in [-0.4, -0.2) is 11.1 Å². The van der Waals surface area contributed by atoms with Crippen LogP contribution in [0.5, 0.6) is 0 Å². The van der Waals surface area contributed by atoms with E-state index in [9.17, 15) is 0 Å². The molecule has 3 aliphatic rings. The Balaban J connectivity index is 1.21. The van der Waals surface area contributed by atoms with E-state index in [1.807, 2.05) is 0 Å². The standard InChI is InChI=1S/C47H35N3/c1-2-14-32(15-3-1)34-18-12-19-36(28-34)50-44-26-10-7-22-41(44)46-40-21-6-9-25-43(40)49(45-27-11-8-23-42(45)47(46)50)37-29-35(30-48-31-37)39-24-13-17-33-16-4-5-20-38(33)39/h1-12,14-16,18-29,31,48H,13,17,30H2. The van der Waals surface area contributed by atoms with Crippen molar-refractivity contribution in [2.24, 2.45) is 0 Å². The molecule has 1 aromatic heterocycles. The highest BCUT2D eigenvalue weighted by molar-refractivity contribution is 6.12. The first kappa shape index (κ1) is 28.7. The van der Waals surface area contributed by atoms with Crippen molar-refractivity contribution in [2.45, 2.75) is 12.8 Å². The van der Waals surface area contributed by atoms with Crippen molar-refractivity contribution in [3.63, 3.8) is 0 Å². The number of allylic oxidation sites excluding steroid dienone is 2. The zero-order valence-electron chi connectivity index (χ0n) is 27.7.